The first kappa shape index (κ1) is 17.2. The third kappa shape index (κ3) is 3.43. The van der Waals surface area contributed by atoms with Crippen LogP contribution in [0.4, 0.5) is 11.4 Å². The van der Waals surface area contributed by atoms with Gasteiger partial charge in [-0.2, -0.15) is 0 Å². The highest BCUT2D eigenvalue weighted by Crippen LogP contribution is 2.35. The van der Waals surface area contributed by atoms with Crippen molar-refractivity contribution in [3.63, 3.8) is 0 Å². The Morgan fingerprint density at radius 3 is 2.36 bits per heavy atom. The van der Waals surface area contributed by atoms with Crippen LogP contribution < -0.4 is 9.80 Å². The smallest absolute Gasteiger partial charge is 0.247 e. The van der Waals surface area contributed by atoms with Gasteiger partial charge in [-0.15, -0.1) is 0 Å². The molecule has 4 heteroatoms. The first-order valence-corrected chi connectivity index (χ1v) is 8.75. The van der Waals surface area contributed by atoms with Gasteiger partial charge >= 0.3 is 0 Å². The van der Waals surface area contributed by atoms with Crippen LogP contribution in [0.25, 0.3) is 0 Å². The number of benzene rings is 2. The molecule has 3 rings (SSSR count). The van der Waals surface area contributed by atoms with E-state index in [-0.39, 0.29) is 24.4 Å². The molecule has 2 amide bonds. The highest BCUT2D eigenvalue weighted by Gasteiger charge is 2.33. The predicted octanol–water partition coefficient (Wildman–Crippen LogP) is 3.72. The minimum absolute atomic E-state index is 0.00698. The zero-order valence-electron chi connectivity index (χ0n) is 15.0. The van der Waals surface area contributed by atoms with Crippen molar-refractivity contribution in [1.29, 1.82) is 0 Å². The van der Waals surface area contributed by atoms with Crippen molar-refractivity contribution in [3.8, 4) is 0 Å². The molecule has 0 bridgehead atoms. The summed E-state index contributed by atoms with van der Waals surface area (Å²) < 4.78 is 0. The Kier molecular flexibility index (Phi) is 4.88. The molecule has 0 aliphatic carbocycles. The van der Waals surface area contributed by atoms with E-state index < -0.39 is 0 Å². The Balaban J connectivity index is 1.82. The Morgan fingerprint density at radius 2 is 1.68 bits per heavy atom. The average Bonchev–Trinajstić information content (AvgIpc) is 2.59. The average molecular weight is 336 g/mol. The number of anilines is 2. The van der Waals surface area contributed by atoms with E-state index in [1.54, 1.807) is 9.80 Å². The van der Waals surface area contributed by atoms with Crippen molar-refractivity contribution >= 4 is 23.2 Å². The van der Waals surface area contributed by atoms with Gasteiger partial charge in [-0.1, -0.05) is 36.4 Å². The summed E-state index contributed by atoms with van der Waals surface area (Å²) in [6.45, 7) is 6.15. The molecule has 130 valence electrons. The highest BCUT2D eigenvalue weighted by atomic mass is 16.2. The number of fused-ring (bicyclic) bond motifs is 1. The van der Waals surface area contributed by atoms with Gasteiger partial charge in [-0.3, -0.25) is 9.59 Å². The van der Waals surface area contributed by atoms with E-state index in [0.717, 1.165) is 11.4 Å². The van der Waals surface area contributed by atoms with Crippen molar-refractivity contribution in [1.82, 2.24) is 0 Å². The number of hydrogen-bond donors (Lipinski definition) is 0. The minimum Gasteiger partial charge on any atom is -0.306 e. The topological polar surface area (TPSA) is 40.6 Å². The van der Waals surface area contributed by atoms with Crippen molar-refractivity contribution in [2.45, 2.75) is 39.7 Å². The second kappa shape index (κ2) is 7.09. The quantitative estimate of drug-likeness (QED) is 0.854. The van der Waals surface area contributed by atoms with Gasteiger partial charge < -0.3 is 9.80 Å². The van der Waals surface area contributed by atoms with Gasteiger partial charge in [-0.25, -0.2) is 0 Å². The monoisotopic (exact) mass is 336 g/mol. The van der Waals surface area contributed by atoms with Gasteiger partial charge in [0.15, 0.2) is 0 Å². The Labute approximate surface area is 149 Å². The van der Waals surface area contributed by atoms with E-state index in [1.165, 1.54) is 11.1 Å². The Morgan fingerprint density at radius 1 is 1.04 bits per heavy atom. The molecule has 1 aliphatic rings. The number of aryl methyl sites for hydroxylation is 2. The normalized spacial score (nSPS) is 14.0. The summed E-state index contributed by atoms with van der Waals surface area (Å²) in [6.07, 6.45) is 1.08. The summed E-state index contributed by atoms with van der Waals surface area (Å²) in [5.74, 6) is -0.0367. The Bertz CT molecular complexity index is 798. The van der Waals surface area contributed by atoms with Crippen molar-refractivity contribution in [3.05, 3.63) is 59.7 Å². The molecule has 0 saturated carbocycles. The molecule has 2 aromatic carbocycles. The summed E-state index contributed by atoms with van der Waals surface area (Å²) in [6, 6.07) is 15.8. The van der Waals surface area contributed by atoms with Gasteiger partial charge in [-0.05, 0) is 50.5 Å². The molecule has 0 atom stereocenters. The molecule has 4 nitrogen and oxygen atoms in total. The second-order valence-corrected chi connectivity index (χ2v) is 6.75. The number of amides is 2. The van der Waals surface area contributed by atoms with Crippen LogP contribution in [0.3, 0.4) is 0 Å². The van der Waals surface area contributed by atoms with Crippen LogP contribution in [0.2, 0.25) is 0 Å². The van der Waals surface area contributed by atoms with Gasteiger partial charge in [0.05, 0.1) is 11.4 Å². The van der Waals surface area contributed by atoms with E-state index in [9.17, 15) is 9.59 Å². The largest absolute Gasteiger partial charge is 0.306 e. The summed E-state index contributed by atoms with van der Waals surface area (Å²) in [7, 11) is 0. The van der Waals surface area contributed by atoms with Crippen molar-refractivity contribution in [2.24, 2.45) is 0 Å². The summed E-state index contributed by atoms with van der Waals surface area (Å²) in [5, 5.41) is 0. The van der Waals surface area contributed by atoms with Crippen LogP contribution in [0.5, 0.6) is 0 Å². The van der Waals surface area contributed by atoms with Crippen LogP contribution in [-0.2, 0) is 16.0 Å². The van der Waals surface area contributed by atoms with Crippen LogP contribution in [0.15, 0.2) is 48.5 Å². The molecule has 0 spiro atoms. The maximum atomic E-state index is 12.8. The number of carbonyl (C=O) groups is 2. The zero-order valence-corrected chi connectivity index (χ0v) is 15.0. The standard InChI is InChI=1S/C21H24N2O2/c1-15(2)23-19-11-7-6-10-18(19)22(14-21(23)25)20(24)13-12-17-9-5-4-8-16(17)3/h4-11,15H,12-14H2,1-3H3. The minimum atomic E-state index is -0.0297. The first-order chi connectivity index (χ1) is 12.0. The van der Waals surface area contributed by atoms with E-state index in [0.29, 0.717) is 12.8 Å². The summed E-state index contributed by atoms with van der Waals surface area (Å²) >= 11 is 0. The van der Waals surface area contributed by atoms with Crippen LogP contribution in [0, 0.1) is 6.92 Å². The maximum Gasteiger partial charge on any atom is 0.247 e. The molecule has 0 fully saturated rings. The number of nitrogens with zero attached hydrogens (tertiary/aromatic N) is 2. The molecule has 0 radical (unpaired) electrons. The summed E-state index contributed by atoms with van der Waals surface area (Å²) in [5.41, 5.74) is 4.01. The second-order valence-electron chi connectivity index (χ2n) is 6.75. The van der Waals surface area contributed by atoms with Crippen molar-refractivity contribution in [2.75, 3.05) is 16.3 Å². The number of carbonyl (C=O) groups excluding carboxylic acids is 2. The predicted molar refractivity (Wildman–Crippen MR) is 101 cm³/mol. The molecule has 0 aromatic heterocycles. The fourth-order valence-corrected chi connectivity index (χ4v) is 3.38. The molecule has 0 unspecified atom stereocenters. The molecule has 25 heavy (non-hydrogen) atoms. The molecule has 0 N–H and O–H groups in total. The van der Waals surface area contributed by atoms with Crippen LogP contribution >= 0.6 is 0 Å². The van der Waals surface area contributed by atoms with E-state index in [4.69, 9.17) is 0 Å². The van der Waals surface area contributed by atoms with E-state index in [1.807, 2.05) is 50.2 Å². The molecule has 1 heterocycles. The molecule has 0 saturated heterocycles. The van der Waals surface area contributed by atoms with Gasteiger partial charge in [0.2, 0.25) is 11.8 Å². The van der Waals surface area contributed by atoms with Gasteiger partial charge in [0.25, 0.3) is 0 Å². The lowest BCUT2D eigenvalue weighted by molar-refractivity contribution is -0.123. The number of rotatable bonds is 4. The maximum absolute atomic E-state index is 12.8. The number of hydrogen-bond acceptors (Lipinski definition) is 2. The highest BCUT2D eigenvalue weighted by molar-refractivity contribution is 6.11. The van der Waals surface area contributed by atoms with Gasteiger partial charge in [0, 0.05) is 12.5 Å². The number of para-hydroxylation sites is 2. The molecular formula is C21H24N2O2. The third-order valence-corrected chi connectivity index (χ3v) is 4.68. The van der Waals surface area contributed by atoms with Crippen LogP contribution in [0.1, 0.15) is 31.4 Å². The van der Waals surface area contributed by atoms with Crippen LogP contribution in [-0.4, -0.2) is 24.4 Å². The fraction of sp³-hybridized carbons (Fsp3) is 0.333. The molecular weight excluding hydrogens is 312 g/mol. The zero-order chi connectivity index (χ0) is 18.0. The summed E-state index contributed by atoms with van der Waals surface area (Å²) in [4.78, 5) is 28.8. The SMILES string of the molecule is Cc1ccccc1CCC(=O)N1CC(=O)N(C(C)C)c2ccccc21. The van der Waals surface area contributed by atoms with E-state index in [2.05, 4.69) is 19.1 Å². The Hall–Kier alpha value is -2.62. The lowest BCUT2D eigenvalue weighted by Gasteiger charge is -2.38. The lowest BCUT2D eigenvalue weighted by Crippen LogP contribution is -2.50. The molecule has 1 aliphatic heterocycles. The first-order valence-electron chi connectivity index (χ1n) is 8.75. The lowest BCUT2D eigenvalue weighted by atomic mass is 10.0. The fourth-order valence-electron chi connectivity index (χ4n) is 3.38. The van der Waals surface area contributed by atoms with E-state index >= 15 is 0 Å². The molecule has 2 aromatic rings. The van der Waals surface area contributed by atoms with Gasteiger partial charge in [0.1, 0.15) is 6.54 Å². The third-order valence-electron chi connectivity index (χ3n) is 4.68. The van der Waals surface area contributed by atoms with Crippen molar-refractivity contribution < 1.29 is 9.59 Å².